The molecule has 0 bridgehead atoms. The third kappa shape index (κ3) is 6.11. The molecule has 0 radical (unpaired) electrons. The third-order valence-electron chi connectivity index (χ3n) is 7.66. The zero-order chi connectivity index (χ0) is 26.7. The topological polar surface area (TPSA) is 110 Å². The van der Waals surface area contributed by atoms with Crippen molar-refractivity contribution in [1.82, 2.24) is 4.90 Å². The number of carbonyl (C=O) groups is 3. The van der Waals surface area contributed by atoms with E-state index < -0.39 is 17.3 Å². The van der Waals surface area contributed by atoms with E-state index in [0.717, 1.165) is 11.1 Å². The van der Waals surface area contributed by atoms with E-state index in [4.69, 9.17) is 33.7 Å². The van der Waals surface area contributed by atoms with Crippen LogP contribution in [0.2, 0.25) is 10.0 Å². The van der Waals surface area contributed by atoms with Gasteiger partial charge in [-0.3, -0.25) is 14.4 Å². The Bertz CT molecular complexity index is 1150. The third-order valence-corrected chi connectivity index (χ3v) is 8.15. The maximum absolute atomic E-state index is 13.9. The average molecular weight is 547 g/mol. The van der Waals surface area contributed by atoms with Crippen molar-refractivity contribution < 1.29 is 24.2 Å². The molecule has 37 heavy (non-hydrogen) atoms. The fraction of sp³-hybridized carbons (Fsp3) is 0.464. The lowest BCUT2D eigenvalue weighted by atomic mass is 9.74. The van der Waals surface area contributed by atoms with Gasteiger partial charge in [-0.15, -0.1) is 0 Å². The van der Waals surface area contributed by atoms with Crippen molar-refractivity contribution in [2.75, 3.05) is 13.2 Å². The van der Waals surface area contributed by atoms with Crippen molar-refractivity contribution >= 4 is 41.0 Å². The first kappa shape index (κ1) is 27.4. The molecule has 1 saturated carbocycles. The monoisotopic (exact) mass is 546 g/mol. The van der Waals surface area contributed by atoms with Crippen LogP contribution in [0.3, 0.4) is 0 Å². The molecule has 7 nitrogen and oxygen atoms in total. The minimum atomic E-state index is -1.02. The summed E-state index contributed by atoms with van der Waals surface area (Å²) in [6.45, 7) is 2.39. The van der Waals surface area contributed by atoms with E-state index in [1.165, 1.54) is 0 Å². The highest BCUT2D eigenvalue weighted by atomic mass is 35.5. The molecule has 0 spiro atoms. The second kappa shape index (κ2) is 11.4. The molecule has 2 fully saturated rings. The van der Waals surface area contributed by atoms with Gasteiger partial charge in [-0.05, 0) is 61.1 Å². The maximum Gasteiger partial charge on any atom is 0.304 e. The van der Waals surface area contributed by atoms with E-state index in [9.17, 15) is 19.5 Å². The zero-order valence-corrected chi connectivity index (χ0v) is 22.3. The van der Waals surface area contributed by atoms with Crippen molar-refractivity contribution in [2.24, 2.45) is 17.1 Å². The van der Waals surface area contributed by atoms with E-state index in [0.29, 0.717) is 35.7 Å². The van der Waals surface area contributed by atoms with Gasteiger partial charge in [-0.1, -0.05) is 54.4 Å². The van der Waals surface area contributed by atoms with Gasteiger partial charge in [0, 0.05) is 21.9 Å². The van der Waals surface area contributed by atoms with Crippen molar-refractivity contribution in [1.29, 1.82) is 0 Å². The normalized spacial score (nSPS) is 23.5. The molecule has 2 aliphatic rings. The molecule has 3 N–H and O–H groups in total. The number of likely N-dealkylation sites (tertiary alicyclic amines) is 1. The molecule has 1 heterocycles. The average Bonchev–Trinajstić information content (AvgIpc) is 3.65. The number of nitrogens with two attached hydrogens (primary N) is 1. The molecule has 1 aliphatic heterocycles. The van der Waals surface area contributed by atoms with Crippen LogP contribution < -0.4 is 5.73 Å². The summed E-state index contributed by atoms with van der Waals surface area (Å²) in [5.74, 6) is -2.49. The molecule has 4 atom stereocenters. The number of hydrogen-bond donors (Lipinski definition) is 2. The Morgan fingerprint density at radius 1 is 1.14 bits per heavy atom. The van der Waals surface area contributed by atoms with Crippen LogP contribution in [-0.4, -0.2) is 47.0 Å². The number of carboxylic acids is 1. The van der Waals surface area contributed by atoms with E-state index in [1.807, 2.05) is 37.3 Å². The number of rotatable bonds is 11. The summed E-state index contributed by atoms with van der Waals surface area (Å²) < 4.78 is 6.00. The number of amides is 2. The number of halogens is 2. The number of piperidine rings is 1. The van der Waals surface area contributed by atoms with Crippen LogP contribution in [0.15, 0.2) is 48.5 Å². The van der Waals surface area contributed by atoms with Crippen LogP contribution in [0.1, 0.15) is 62.1 Å². The predicted molar refractivity (Wildman–Crippen MR) is 141 cm³/mol. The molecule has 2 amide bonds. The van der Waals surface area contributed by atoms with Crippen molar-refractivity contribution in [3.63, 3.8) is 0 Å². The van der Waals surface area contributed by atoms with Crippen LogP contribution in [0, 0.1) is 11.3 Å². The van der Waals surface area contributed by atoms with Crippen LogP contribution in [0.25, 0.3) is 0 Å². The summed E-state index contributed by atoms with van der Waals surface area (Å²) >= 11 is 12.5. The van der Waals surface area contributed by atoms with Crippen molar-refractivity contribution in [3.05, 3.63) is 69.7 Å². The first-order valence-corrected chi connectivity index (χ1v) is 13.3. The Morgan fingerprint density at radius 3 is 2.41 bits per heavy atom. The number of carbonyl (C=O) groups excluding carboxylic acids is 2. The Balaban J connectivity index is 1.73. The standard InChI is InChI=1S/C28H32Cl2N2O5/c1-2-22(15-37-16-28(10-11-28)27(31)36)32-25(17-6-8-20(29)9-7-17)23(18-4-3-5-21(30)12-18)13-19(26(32)35)14-24(33)34/h3-9,12,19,22-23,25H,2,10-11,13-16H2,1H3,(H2,31,36)(H,33,34)/t19?,22-,23+,25?/m0/s1. The molecule has 1 aliphatic carbocycles. The summed E-state index contributed by atoms with van der Waals surface area (Å²) in [7, 11) is 0. The lowest BCUT2D eigenvalue weighted by molar-refractivity contribution is -0.154. The minimum absolute atomic E-state index is 0.198. The van der Waals surface area contributed by atoms with Gasteiger partial charge in [0.2, 0.25) is 11.8 Å². The number of hydrogen-bond acceptors (Lipinski definition) is 4. The summed E-state index contributed by atoms with van der Waals surface area (Å²) in [5.41, 5.74) is 6.77. The molecule has 2 aromatic carbocycles. The predicted octanol–water partition coefficient (Wildman–Crippen LogP) is 5.20. The number of aliphatic carboxylic acids is 1. The molecule has 9 heteroatoms. The fourth-order valence-corrected chi connectivity index (χ4v) is 5.70. The number of nitrogens with zero attached hydrogens (tertiary/aromatic N) is 1. The van der Waals surface area contributed by atoms with E-state index in [-0.39, 0.29) is 49.5 Å². The second-order valence-electron chi connectivity index (χ2n) is 10.2. The second-order valence-corrected chi connectivity index (χ2v) is 11.0. The minimum Gasteiger partial charge on any atom is -0.481 e. The number of primary amides is 1. The van der Waals surface area contributed by atoms with E-state index in [1.54, 1.807) is 23.1 Å². The number of carboxylic acid groups (broad SMARTS) is 1. The molecule has 0 aromatic heterocycles. The van der Waals surface area contributed by atoms with Crippen LogP contribution in [-0.2, 0) is 19.1 Å². The quantitative estimate of drug-likeness (QED) is 0.402. The first-order chi connectivity index (χ1) is 17.6. The lowest BCUT2D eigenvalue weighted by Crippen LogP contribution is -2.53. The summed E-state index contributed by atoms with van der Waals surface area (Å²) in [6, 6.07) is 14.2. The van der Waals surface area contributed by atoms with Crippen LogP contribution >= 0.6 is 23.2 Å². The zero-order valence-electron chi connectivity index (χ0n) is 20.7. The molecule has 198 valence electrons. The van der Waals surface area contributed by atoms with Gasteiger partial charge >= 0.3 is 5.97 Å². The van der Waals surface area contributed by atoms with Gasteiger partial charge in [0.05, 0.1) is 37.1 Å². The Labute approximate surface area is 226 Å². The number of ether oxygens (including phenoxy) is 1. The Hall–Kier alpha value is -2.61. The lowest BCUT2D eigenvalue weighted by Gasteiger charge is -2.48. The van der Waals surface area contributed by atoms with Gasteiger partial charge < -0.3 is 20.5 Å². The summed E-state index contributed by atoms with van der Waals surface area (Å²) in [4.78, 5) is 39.3. The molecular weight excluding hydrogens is 515 g/mol. The van der Waals surface area contributed by atoms with Gasteiger partial charge in [-0.25, -0.2) is 0 Å². The van der Waals surface area contributed by atoms with Crippen molar-refractivity contribution in [3.8, 4) is 0 Å². The highest BCUT2D eigenvalue weighted by Crippen LogP contribution is 2.48. The van der Waals surface area contributed by atoms with Crippen LogP contribution in [0.5, 0.6) is 0 Å². The molecule has 1 saturated heterocycles. The Morgan fingerprint density at radius 2 is 1.84 bits per heavy atom. The van der Waals surface area contributed by atoms with Gasteiger partial charge in [0.25, 0.3) is 0 Å². The molecular formula is C28H32Cl2N2O5. The molecule has 2 unspecified atom stereocenters. The first-order valence-electron chi connectivity index (χ1n) is 12.6. The number of benzene rings is 2. The van der Waals surface area contributed by atoms with E-state index in [2.05, 4.69) is 0 Å². The maximum atomic E-state index is 13.9. The van der Waals surface area contributed by atoms with Gasteiger partial charge in [0.15, 0.2) is 0 Å². The summed E-state index contributed by atoms with van der Waals surface area (Å²) in [5, 5.41) is 10.7. The highest BCUT2D eigenvalue weighted by Gasteiger charge is 2.50. The summed E-state index contributed by atoms with van der Waals surface area (Å²) in [6.07, 6.45) is 2.10. The smallest absolute Gasteiger partial charge is 0.304 e. The van der Waals surface area contributed by atoms with Crippen LogP contribution in [0.4, 0.5) is 0 Å². The highest BCUT2D eigenvalue weighted by molar-refractivity contribution is 6.30. The molecule has 2 aromatic rings. The Kier molecular flexibility index (Phi) is 8.46. The largest absolute Gasteiger partial charge is 0.481 e. The van der Waals surface area contributed by atoms with Gasteiger partial charge in [-0.2, -0.15) is 0 Å². The van der Waals surface area contributed by atoms with Gasteiger partial charge in [0.1, 0.15) is 0 Å². The van der Waals surface area contributed by atoms with Crippen molar-refractivity contribution in [2.45, 2.75) is 57.0 Å². The molecule has 4 rings (SSSR count). The van der Waals surface area contributed by atoms with E-state index >= 15 is 0 Å². The fourth-order valence-electron chi connectivity index (χ4n) is 5.37. The SMILES string of the molecule is CC[C@@H](COCC1(C(N)=O)CC1)N1C(=O)C(CC(=O)O)C[C@H](c2cccc(Cl)c2)C1c1ccc(Cl)cc1.